The average molecular weight is 303 g/mol. The summed E-state index contributed by atoms with van der Waals surface area (Å²) < 4.78 is 0. The van der Waals surface area contributed by atoms with Gasteiger partial charge in [0, 0.05) is 24.4 Å². The largest absolute Gasteiger partial charge is 0.390 e. The molecule has 0 aliphatic heterocycles. The highest BCUT2D eigenvalue weighted by atomic mass is 16.3. The van der Waals surface area contributed by atoms with Crippen LogP contribution in [0.25, 0.3) is 0 Å². The summed E-state index contributed by atoms with van der Waals surface area (Å²) in [5.74, 6) is -0.172. The predicted molar refractivity (Wildman–Crippen MR) is 85.8 cm³/mol. The Balaban J connectivity index is 2.43. The van der Waals surface area contributed by atoms with Crippen LogP contribution in [0.15, 0.2) is 30.3 Å². The highest BCUT2D eigenvalue weighted by molar-refractivity contribution is 5.81. The number of nitrogens with zero attached hydrogens (tertiary/aromatic N) is 1. The number of nitriles is 1. The summed E-state index contributed by atoms with van der Waals surface area (Å²) in [6, 6.07) is 11.3. The van der Waals surface area contributed by atoms with Gasteiger partial charge in [0.1, 0.15) is 0 Å². The van der Waals surface area contributed by atoms with Crippen molar-refractivity contribution in [1.82, 2.24) is 5.32 Å². The zero-order valence-electron chi connectivity index (χ0n) is 13.2. The SMILES string of the molecule is CC(C)(CCC#N)C(=O)NC[C@@H](O)[C@@H](N)Cc1ccccc1. The van der Waals surface area contributed by atoms with E-state index in [9.17, 15) is 9.90 Å². The smallest absolute Gasteiger partial charge is 0.225 e. The molecular weight excluding hydrogens is 278 g/mol. The first kappa shape index (κ1) is 18.1. The predicted octanol–water partition coefficient (Wildman–Crippen LogP) is 1.36. The fraction of sp³-hybridized carbons (Fsp3) is 0.529. The van der Waals surface area contributed by atoms with Crippen LogP contribution in [0.3, 0.4) is 0 Å². The topological polar surface area (TPSA) is 99.1 Å². The zero-order chi connectivity index (χ0) is 16.6. The average Bonchev–Trinajstić information content (AvgIpc) is 2.51. The third kappa shape index (κ3) is 5.84. The van der Waals surface area contributed by atoms with Crippen molar-refractivity contribution >= 4 is 5.91 Å². The number of aliphatic hydroxyl groups excluding tert-OH is 1. The lowest BCUT2D eigenvalue weighted by molar-refractivity contribution is -0.130. The summed E-state index contributed by atoms with van der Waals surface area (Å²) in [5.41, 5.74) is 6.41. The zero-order valence-corrected chi connectivity index (χ0v) is 13.2. The number of carbonyl (C=O) groups is 1. The van der Waals surface area contributed by atoms with Gasteiger partial charge in [-0.25, -0.2) is 0 Å². The second-order valence-electron chi connectivity index (χ2n) is 6.17. The van der Waals surface area contributed by atoms with Crippen molar-refractivity contribution in [3.8, 4) is 6.07 Å². The first-order valence-electron chi connectivity index (χ1n) is 7.49. The third-order valence-electron chi connectivity index (χ3n) is 3.76. The van der Waals surface area contributed by atoms with Crippen molar-refractivity contribution in [1.29, 1.82) is 5.26 Å². The van der Waals surface area contributed by atoms with Gasteiger partial charge >= 0.3 is 0 Å². The molecule has 0 fully saturated rings. The van der Waals surface area contributed by atoms with E-state index >= 15 is 0 Å². The van der Waals surface area contributed by atoms with Crippen LogP contribution in [0.2, 0.25) is 0 Å². The third-order valence-corrected chi connectivity index (χ3v) is 3.76. The number of hydrogen-bond donors (Lipinski definition) is 3. The lowest BCUT2D eigenvalue weighted by Gasteiger charge is -2.25. The number of rotatable bonds is 8. The number of nitrogens with two attached hydrogens (primary N) is 1. The Kier molecular flexibility index (Phi) is 7.03. The van der Waals surface area contributed by atoms with E-state index in [0.29, 0.717) is 19.3 Å². The monoisotopic (exact) mass is 303 g/mol. The molecule has 0 aromatic heterocycles. The molecule has 4 N–H and O–H groups in total. The second-order valence-corrected chi connectivity index (χ2v) is 6.17. The molecule has 5 heteroatoms. The van der Waals surface area contributed by atoms with Gasteiger partial charge in [0.15, 0.2) is 0 Å². The van der Waals surface area contributed by atoms with E-state index in [0.717, 1.165) is 5.56 Å². The van der Waals surface area contributed by atoms with Crippen molar-refractivity contribution in [3.05, 3.63) is 35.9 Å². The Labute approximate surface area is 132 Å². The van der Waals surface area contributed by atoms with Crippen molar-refractivity contribution in [2.75, 3.05) is 6.54 Å². The van der Waals surface area contributed by atoms with Gasteiger partial charge in [-0.3, -0.25) is 4.79 Å². The number of benzene rings is 1. The van der Waals surface area contributed by atoms with Crippen molar-refractivity contribution in [3.63, 3.8) is 0 Å². The molecule has 0 radical (unpaired) electrons. The van der Waals surface area contributed by atoms with Crippen LogP contribution in [0.5, 0.6) is 0 Å². The molecule has 0 unspecified atom stereocenters. The van der Waals surface area contributed by atoms with Gasteiger partial charge < -0.3 is 16.2 Å². The van der Waals surface area contributed by atoms with E-state index in [2.05, 4.69) is 5.32 Å². The Morgan fingerprint density at radius 3 is 2.64 bits per heavy atom. The van der Waals surface area contributed by atoms with Gasteiger partial charge in [-0.1, -0.05) is 44.2 Å². The molecule has 0 aliphatic carbocycles. The number of hydrogen-bond acceptors (Lipinski definition) is 4. The Hall–Kier alpha value is -1.90. The molecule has 2 atom stereocenters. The molecular formula is C17H25N3O2. The van der Waals surface area contributed by atoms with E-state index in [1.54, 1.807) is 13.8 Å². The van der Waals surface area contributed by atoms with Crippen LogP contribution in [0, 0.1) is 16.7 Å². The molecule has 22 heavy (non-hydrogen) atoms. The fourth-order valence-corrected chi connectivity index (χ4v) is 2.09. The quantitative estimate of drug-likeness (QED) is 0.675. The van der Waals surface area contributed by atoms with Crippen LogP contribution in [-0.2, 0) is 11.2 Å². The van der Waals surface area contributed by atoms with Crippen LogP contribution >= 0.6 is 0 Å². The Morgan fingerprint density at radius 2 is 2.05 bits per heavy atom. The molecule has 0 bridgehead atoms. The Morgan fingerprint density at radius 1 is 1.41 bits per heavy atom. The molecule has 0 spiro atoms. The van der Waals surface area contributed by atoms with Crippen molar-refractivity contribution in [2.45, 2.75) is 45.3 Å². The minimum absolute atomic E-state index is 0.114. The Bertz CT molecular complexity index is 508. The maximum Gasteiger partial charge on any atom is 0.225 e. The maximum atomic E-state index is 12.1. The summed E-state index contributed by atoms with van der Waals surface area (Å²) in [6.45, 7) is 3.69. The minimum Gasteiger partial charge on any atom is -0.390 e. The molecule has 1 aromatic carbocycles. The number of amides is 1. The van der Waals surface area contributed by atoms with Crippen LogP contribution in [-0.4, -0.2) is 29.7 Å². The number of aliphatic hydroxyl groups is 1. The van der Waals surface area contributed by atoms with E-state index in [1.165, 1.54) is 0 Å². The van der Waals surface area contributed by atoms with Crippen molar-refractivity contribution < 1.29 is 9.90 Å². The molecule has 120 valence electrons. The maximum absolute atomic E-state index is 12.1. The molecule has 0 saturated carbocycles. The van der Waals surface area contributed by atoms with Crippen LogP contribution in [0.4, 0.5) is 0 Å². The summed E-state index contributed by atoms with van der Waals surface area (Å²) in [5, 5.41) is 21.4. The van der Waals surface area contributed by atoms with Gasteiger partial charge in [0.2, 0.25) is 5.91 Å². The fourth-order valence-electron chi connectivity index (χ4n) is 2.09. The van der Waals surface area contributed by atoms with Crippen LogP contribution in [0.1, 0.15) is 32.3 Å². The van der Waals surface area contributed by atoms with Gasteiger partial charge in [-0.15, -0.1) is 0 Å². The summed E-state index contributed by atoms with van der Waals surface area (Å²) in [7, 11) is 0. The molecule has 1 aromatic rings. The van der Waals surface area contributed by atoms with Gasteiger partial charge in [-0.2, -0.15) is 5.26 Å². The first-order chi connectivity index (χ1) is 10.4. The standard InChI is InChI=1S/C17H25N3O2/c1-17(2,9-6-10-18)16(22)20-12-15(21)14(19)11-13-7-4-3-5-8-13/h3-5,7-8,14-15,21H,6,9,11-12,19H2,1-2H3,(H,20,22)/t14-,15+/m0/s1. The van der Waals surface area contributed by atoms with Gasteiger partial charge in [-0.05, 0) is 18.4 Å². The molecule has 5 nitrogen and oxygen atoms in total. The summed E-state index contributed by atoms with van der Waals surface area (Å²) in [4.78, 5) is 12.1. The molecule has 0 aliphatic rings. The molecule has 1 amide bonds. The lowest BCUT2D eigenvalue weighted by atomic mass is 9.87. The second kappa shape index (κ2) is 8.52. The molecule has 1 rings (SSSR count). The minimum atomic E-state index is -0.809. The number of carbonyl (C=O) groups excluding carboxylic acids is 1. The highest BCUT2D eigenvalue weighted by Gasteiger charge is 2.27. The van der Waals surface area contributed by atoms with Crippen LogP contribution < -0.4 is 11.1 Å². The summed E-state index contributed by atoms with van der Waals surface area (Å²) in [6.07, 6.45) is 0.559. The number of nitrogens with one attached hydrogen (secondary N) is 1. The van der Waals surface area contributed by atoms with E-state index in [4.69, 9.17) is 11.0 Å². The van der Waals surface area contributed by atoms with E-state index in [-0.39, 0.29) is 12.5 Å². The summed E-state index contributed by atoms with van der Waals surface area (Å²) >= 11 is 0. The first-order valence-corrected chi connectivity index (χ1v) is 7.49. The van der Waals surface area contributed by atoms with E-state index in [1.807, 2.05) is 36.4 Å². The van der Waals surface area contributed by atoms with Gasteiger partial charge in [0.05, 0.1) is 12.2 Å². The molecule has 0 heterocycles. The van der Waals surface area contributed by atoms with E-state index < -0.39 is 17.6 Å². The highest BCUT2D eigenvalue weighted by Crippen LogP contribution is 2.22. The lowest BCUT2D eigenvalue weighted by Crippen LogP contribution is -2.47. The van der Waals surface area contributed by atoms with Crippen molar-refractivity contribution in [2.24, 2.45) is 11.1 Å². The van der Waals surface area contributed by atoms with Gasteiger partial charge in [0.25, 0.3) is 0 Å². The normalized spacial score (nSPS) is 14.0. The molecule has 0 saturated heterocycles.